The molecule has 0 aliphatic rings. The Bertz CT molecular complexity index is 881. The number of aromatic nitrogens is 2. The van der Waals surface area contributed by atoms with Gasteiger partial charge in [0, 0.05) is 17.3 Å². The normalized spacial score (nSPS) is 11.8. The van der Waals surface area contributed by atoms with Crippen LogP contribution < -0.4 is 10.1 Å². The van der Waals surface area contributed by atoms with Crippen molar-refractivity contribution in [1.82, 2.24) is 10.2 Å². The highest BCUT2D eigenvalue weighted by atomic mass is 19.1. The Labute approximate surface area is 143 Å². The van der Waals surface area contributed by atoms with Gasteiger partial charge in [0.05, 0.1) is 0 Å². The Morgan fingerprint density at radius 2 is 2.12 bits per heavy atom. The van der Waals surface area contributed by atoms with Gasteiger partial charge in [0.1, 0.15) is 11.6 Å². The van der Waals surface area contributed by atoms with Gasteiger partial charge >= 0.3 is 0 Å². The molecule has 0 saturated carbocycles. The van der Waals surface area contributed by atoms with Crippen LogP contribution in [0.5, 0.6) is 5.75 Å². The molecule has 0 fully saturated rings. The van der Waals surface area contributed by atoms with Crippen molar-refractivity contribution in [3.63, 3.8) is 0 Å². The molecule has 1 aromatic heterocycles. The lowest BCUT2D eigenvalue weighted by Gasteiger charge is -2.16. The van der Waals surface area contributed by atoms with Crippen molar-refractivity contribution < 1.29 is 18.3 Å². The van der Waals surface area contributed by atoms with Crippen LogP contribution in [0.1, 0.15) is 12.5 Å². The second-order valence-electron chi connectivity index (χ2n) is 5.48. The van der Waals surface area contributed by atoms with Gasteiger partial charge in [-0.15, -0.1) is 10.2 Å². The van der Waals surface area contributed by atoms with E-state index in [1.165, 1.54) is 24.6 Å². The number of benzene rings is 2. The van der Waals surface area contributed by atoms with Crippen molar-refractivity contribution in [1.29, 1.82) is 0 Å². The number of halogens is 1. The van der Waals surface area contributed by atoms with Gasteiger partial charge in [0.25, 0.3) is 5.91 Å². The van der Waals surface area contributed by atoms with E-state index >= 15 is 0 Å². The fourth-order valence-electron chi connectivity index (χ4n) is 2.22. The standard InChI is InChI=1S/C18H16FN3O3/c1-11-6-7-13(18-22-20-10-24-18)8-16(11)21-17(23)12(2)25-15-5-3-4-14(19)9-15/h3-10,12H,1-2H3,(H,21,23). The van der Waals surface area contributed by atoms with Crippen LogP contribution in [0.15, 0.2) is 53.3 Å². The van der Waals surface area contributed by atoms with E-state index in [0.717, 1.165) is 5.56 Å². The van der Waals surface area contributed by atoms with Gasteiger partial charge in [0.15, 0.2) is 6.10 Å². The van der Waals surface area contributed by atoms with E-state index in [1.54, 1.807) is 19.1 Å². The third-order valence-corrected chi connectivity index (χ3v) is 3.58. The van der Waals surface area contributed by atoms with E-state index in [0.29, 0.717) is 22.9 Å². The Balaban J connectivity index is 1.73. The molecule has 2 aromatic carbocycles. The summed E-state index contributed by atoms with van der Waals surface area (Å²) in [5.74, 6) is -0.123. The minimum atomic E-state index is -0.798. The van der Waals surface area contributed by atoms with Gasteiger partial charge in [-0.3, -0.25) is 4.79 Å². The van der Waals surface area contributed by atoms with Crippen molar-refractivity contribution in [2.24, 2.45) is 0 Å². The molecule has 1 unspecified atom stereocenters. The molecule has 0 bridgehead atoms. The number of anilines is 1. The second-order valence-corrected chi connectivity index (χ2v) is 5.48. The molecule has 7 heteroatoms. The highest BCUT2D eigenvalue weighted by molar-refractivity contribution is 5.95. The maximum atomic E-state index is 13.2. The number of aryl methyl sites for hydroxylation is 1. The highest BCUT2D eigenvalue weighted by Gasteiger charge is 2.17. The lowest BCUT2D eigenvalue weighted by Crippen LogP contribution is -2.30. The Hall–Kier alpha value is -3.22. The van der Waals surface area contributed by atoms with Crippen LogP contribution in [0.4, 0.5) is 10.1 Å². The van der Waals surface area contributed by atoms with E-state index in [4.69, 9.17) is 9.15 Å². The molecule has 1 heterocycles. The zero-order valence-electron chi connectivity index (χ0n) is 13.7. The van der Waals surface area contributed by atoms with Gasteiger partial charge in [0.2, 0.25) is 12.3 Å². The SMILES string of the molecule is Cc1ccc(-c2nnco2)cc1NC(=O)C(C)Oc1cccc(F)c1. The summed E-state index contributed by atoms with van der Waals surface area (Å²) >= 11 is 0. The molecular weight excluding hydrogens is 325 g/mol. The van der Waals surface area contributed by atoms with E-state index in [2.05, 4.69) is 15.5 Å². The first-order valence-corrected chi connectivity index (χ1v) is 7.63. The fourth-order valence-corrected chi connectivity index (χ4v) is 2.22. The van der Waals surface area contributed by atoms with E-state index < -0.39 is 11.9 Å². The lowest BCUT2D eigenvalue weighted by molar-refractivity contribution is -0.122. The van der Waals surface area contributed by atoms with E-state index in [9.17, 15) is 9.18 Å². The molecule has 0 radical (unpaired) electrons. The molecule has 0 spiro atoms. The van der Waals surface area contributed by atoms with Crippen molar-refractivity contribution in [3.8, 4) is 17.2 Å². The molecule has 25 heavy (non-hydrogen) atoms. The third kappa shape index (κ3) is 4.00. The first kappa shape index (κ1) is 16.6. The number of nitrogens with zero attached hydrogens (tertiary/aromatic N) is 2. The predicted molar refractivity (Wildman–Crippen MR) is 89.6 cm³/mol. The smallest absolute Gasteiger partial charge is 0.265 e. The number of rotatable bonds is 5. The zero-order valence-corrected chi connectivity index (χ0v) is 13.7. The molecule has 3 aromatic rings. The molecule has 0 aliphatic heterocycles. The molecule has 6 nitrogen and oxygen atoms in total. The predicted octanol–water partition coefficient (Wildman–Crippen LogP) is 3.59. The molecule has 3 rings (SSSR count). The zero-order chi connectivity index (χ0) is 17.8. The number of carbonyl (C=O) groups is 1. The summed E-state index contributed by atoms with van der Waals surface area (Å²) in [6.45, 7) is 3.46. The van der Waals surface area contributed by atoms with Gasteiger partial charge < -0.3 is 14.5 Å². The number of hydrogen-bond donors (Lipinski definition) is 1. The van der Waals surface area contributed by atoms with Crippen molar-refractivity contribution in [2.45, 2.75) is 20.0 Å². The summed E-state index contributed by atoms with van der Waals surface area (Å²) in [5, 5.41) is 10.3. The summed E-state index contributed by atoms with van der Waals surface area (Å²) < 4.78 is 23.8. The largest absolute Gasteiger partial charge is 0.481 e. The van der Waals surface area contributed by atoms with Crippen LogP contribution in [0.3, 0.4) is 0 Å². The van der Waals surface area contributed by atoms with Crippen molar-refractivity contribution in [2.75, 3.05) is 5.32 Å². The summed E-state index contributed by atoms with van der Waals surface area (Å²) in [7, 11) is 0. The number of hydrogen-bond acceptors (Lipinski definition) is 5. The topological polar surface area (TPSA) is 77.3 Å². The number of amides is 1. The van der Waals surface area contributed by atoms with Crippen molar-refractivity contribution in [3.05, 3.63) is 60.2 Å². The minimum Gasteiger partial charge on any atom is -0.481 e. The maximum Gasteiger partial charge on any atom is 0.265 e. The van der Waals surface area contributed by atoms with Gasteiger partial charge in [-0.05, 0) is 43.7 Å². The Morgan fingerprint density at radius 1 is 1.28 bits per heavy atom. The first-order chi connectivity index (χ1) is 12.0. The first-order valence-electron chi connectivity index (χ1n) is 7.63. The maximum absolute atomic E-state index is 13.2. The molecule has 1 N–H and O–H groups in total. The van der Waals surface area contributed by atoms with Crippen LogP contribution in [0.2, 0.25) is 0 Å². The summed E-state index contributed by atoms with van der Waals surface area (Å²) in [5.41, 5.74) is 2.17. The third-order valence-electron chi connectivity index (χ3n) is 3.58. The number of carbonyl (C=O) groups excluding carboxylic acids is 1. The molecule has 0 saturated heterocycles. The van der Waals surface area contributed by atoms with Crippen LogP contribution in [0, 0.1) is 12.7 Å². The summed E-state index contributed by atoms with van der Waals surface area (Å²) in [4.78, 5) is 12.4. The molecule has 128 valence electrons. The monoisotopic (exact) mass is 341 g/mol. The number of nitrogens with one attached hydrogen (secondary N) is 1. The van der Waals surface area contributed by atoms with Crippen molar-refractivity contribution >= 4 is 11.6 Å². The minimum absolute atomic E-state index is 0.291. The van der Waals surface area contributed by atoms with E-state index in [1.807, 2.05) is 19.1 Å². The quantitative estimate of drug-likeness (QED) is 0.767. The highest BCUT2D eigenvalue weighted by Crippen LogP contribution is 2.24. The fraction of sp³-hybridized carbons (Fsp3) is 0.167. The summed E-state index contributed by atoms with van der Waals surface area (Å²) in [6, 6.07) is 11.1. The summed E-state index contributed by atoms with van der Waals surface area (Å²) in [6.07, 6.45) is 0.441. The van der Waals surface area contributed by atoms with Crippen LogP contribution in [-0.2, 0) is 4.79 Å². The van der Waals surface area contributed by atoms with E-state index in [-0.39, 0.29) is 5.91 Å². The Morgan fingerprint density at radius 3 is 2.84 bits per heavy atom. The molecular formula is C18H16FN3O3. The second kappa shape index (κ2) is 7.12. The Kier molecular flexibility index (Phi) is 4.74. The average molecular weight is 341 g/mol. The number of ether oxygens (including phenoxy) is 1. The van der Waals surface area contributed by atoms with Gasteiger partial charge in [-0.2, -0.15) is 0 Å². The average Bonchev–Trinajstić information content (AvgIpc) is 3.11. The molecule has 0 aliphatic carbocycles. The lowest BCUT2D eigenvalue weighted by atomic mass is 10.1. The van der Waals surface area contributed by atoms with Gasteiger partial charge in [-0.25, -0.2) is 4.39 Å². The van der Waals surface area contributed by atoms with Crippen LogP contribution in [0.25, 0.3) is 11.5 Å². The molecule has 1 amide bonds. The van der Waals surface area contributed by atoms with Crippen LogP contribution >= 0.6 is 0 Å². The van der Waals surface area contributed by atoms with Gasteiger partial charge in [-0.1, -0.05) is 12.1 Å². The van der Waals surface area contributed by atoms with Crippen LogP contribution in [-0.4, -0.2) is 22.2 Å². The molecule has 1 atom stereocenters.